The third-order valence-electron chi connectivity index (χ3n) is 4.91. The van der Waals surface area contributed by atoms with E-state index in [0.717, 1.165) is 42.0 Å². The van der Waals surface area contributed by atoms with Gasteiger partial charge >= 0.3 is 0 Å². The number of benzene rings is 2. The summed E-state index contributed by atoms with van der Waals surface area (Å²) in [5, 5.41) is 3.75. The molecule has 138 valence electrons. The summed E-state index contributed by atoms with van der Waals surface area (Å²) in [5.74, 6) is 0.790. The standard InChI is InChI=1S/C22H26ClNO2/c1-16(26-21-14-6-10-17-8-2-4-12-19(17)21)22(25)24-15-7-11-18-9-3-5-13-20(18)23/h3,5-6,9-10,13-14,16H,2,4,7-8,11-12,15H2,1H3,(H,24,25). The first-order valence-corrected chi connectivity index (χ1v) is 9.81. The Hall–Kier alpha value is -2.00. The van der Waals surface area contributed by atoms with Crippen molar-refractivity contribution in [2.24, 2.45) is 0 Å². The van der Waals surface area contributed by atoms with Gasteiger partial charge in [-0.3, -0.25) is 4.79 Å². The highest BCUT2D eigenvalue weighted by Crippen LogP contribution is 2.30. The van der Waals surface area contributed by atoms with Crippen LogP contribution >= 0.6 is 11.6 Å². The van der Waals surface area contributed by atoms with Crippen molar-refractivity contribution in [2.45, 2.75) is 51.6 Å². The maximum absolute atomic E-state index is 12.3. The smallest absolute Gasteiger partial charge is 0.260 e. The number of hydrogen-bond donors (Lipinski definition) is 1. The number of carbonyl (C=O) groups excluding carboxylic acids is 1. The third-order valence-corrected chi connectivity index (χ3v) is 5.27. The topological polar surface area (TPSA) is 38.3 Å². The molecule has 4 heteroatoms. The van der Waals surface area contributed by atoms with Gasteiger partial charge in [0.05, 0.1) is 0 Å². The summed E-state index contributed by atoms with van der Waals surface area (Å²) in [4.78, 5) is 12.3. The van der Waals surface area contributed by atoms with Crippen LogP contribution in [0.3, 0.4) is 0 Å². The van der Waals surface area contributed by atoms with E-state index < -0.39 is 6.10 Å². The van der Waals surface area contributed by atoms with E-state index >= 15 is 0 Å². The van der Waals surface area contributed by atoms with Gasteiger partial charge in [-0.2, -0.15) is 0 Å². The molecule has 0 spiro atoms. The summed E-state index contributed by atoms with van der Waals surface area (Å²) in [5.41, 5.74) is 3.75. The first-order chi connectivity index (χ1) is 12.6. The van der Waals surface area contributed by atoms with Gasteiger partial charge < -0.3 is 10.1 Å². The first kappa shape index (κ1) is 18.8. The van der Waals surface area contributed by atoms with Gasteiger partial charge in [0, 0.05) is 11.6 Å². The molecule has 0 aliphatic heterocycles. The quantitative estimate of drug-likeness (QED) is 0.714. The Morgan fingerprint density at radius 3 is 2.81 bits per heavy atom. The lowest BCUT2D eigenvalue weighted by Crippen LogP contribution is -2.37. The van der Waals surface area contributed by atoms with Gasteiger partial charge in [0.15, 0.2) is 6.10 Å². The van der Waals surface area contributed by atoms with E-state index in [1.807, 2.05) is 43.3 Å². The summed E-state index contributed by atoms with van der Waals surface area (Å²) < 4.78 is 5.98. The average Bonchev–Trinajstić information content (AvgIpc) is 2.66. The Bertz CT molecular complexity index is 760. The molecule has 3 rings (SSSR count). The highest BCUT2D eigenvalue weighted by atomic mass is 35.5. The molecule has 2 aromatic carbocycles. The molecule has 0 saturated heterocycles. The Morgan fingerprint density at radius 2 is 1.96 bits per heavy atom. The molecule has 0 radical (unpaired) electrons. The van der Waals surface area contributed by atoms with E-state index in [9.17, 15) is 4.79 Å². The van der Waals surface area contributed by atoms with Crippen molar-refractivity contribution in [3.8, 4) is 5.75 Å². The van der Waals surface area contributed by atoms with Gasteiger partial charge in [-0.05, 0) is 74.3 Å². The van der Waals surface area contributed by atoms with Crippen LogP contribution < -0.4 is 10.1 Å². The molecular weight excluding hydrogens is 346 g/mol. The molecule has 1 atom stereocenters. The first-order valence-electron chi connectivity index (χ1n) is 9.43. The molecule has 26 heavy (non-hydrogen) atoms. The summed E-state index contributed by atoms with van der Waals surface area (Å²) in [6, 6.07) is 14.0. The normalized spacial score (nSPS) is 14.4. The number of fused-ring (bicyclic) bond motifs is 1. The molecule has 2 aromatic rings. The van der Waals surface area contributed by atoms with Crippen LogP contribution in [-0.2, 0) is 24.1 Å². The monoisotopic (exact) mass is 371 g/mol. The number of amides is 1. The predicted octanol–water partition coefficient (Wildman–Crippen LogP) is 4.74. The van der Waals surface area contributed by atoms with Crippen molar-refractivity contribution in [1.29, 1.82) is 0 Å². The van der Waals surface area contributed by atoms with Gasteiger partial charge in [0.2, 0.25) is 0 Å². The number of nitrogens with one attached hydrogen (secondary N) is 1. The minimum atomic E-state index is -0.497. The van der Waals surface area contributed by atoms with Crippen LogP contribution in [-0.4, -0.2) is 18.6 Å². The second-order valence-electron chi connectivity index (χ2n) is 6.85. The number of aryl methyl sites for hydroxylation is 2. The zero-order valence-corrected chi connectivity index (χ0v) is 16.0. The van der Waals surface area contributed by atoms with Crippen molar-refractivity contribution >= 4 is 17.5 Å². The van der Waals surface area contributed by atoms with Gasteiger partial charge in [0.1, 0.15) is 5.75 Å². The number of carbonyl (C=O) groups is 1. The fourth-order valence-electron chi connectivity index (χ4n) is 3.44. The molecule has 0 saturated carbocycles. The zero-order valence-electron chi connectivity index (χ0n) is 15.3. The van der Waals surface area contributed by atoms with Crippen molar-refractivity contribution in [3.63, 3.8) is 0 Å². The molecular formula is C22H26ClNO2. The van der Waals surface area contributed by atoms with E-state index in [-0.39, 0.29) is 5.91 Å². The SMILES string of the molecule is CC(Oc1cccc2c1CCCC2)C(=O)NCCCc1ccccc1Cl. The Morgan fingerprint density at radius 1 is 1.15 bits per heavy atom. The minimum Gasteiger partial charge on any atom is -0.481 e. The number of hydrogen-bond acceptors (Lipinski definition) is 2. The Balaban J connectivity index is 1.47. The largest absolute Gasteiger partial charge is 0.481 e. The highest BCUT2D eigenvalue weighted by molar-refractivity contribution is 6.31. The minimum absolute atomic E-state index is 0.0717. The second-order valence-corrected chi connectivity index (χ2v) is 7.25. The molecule has 0 heterocycles. The molecule has 1 aliphatic carbocycles. The summed E-state index contributed by atoms with van der Waals surface area (Å²) in [7, 11) is 0. The predicted molar refractivity (Wildman–Crippen MR) is 106 cm³/mol. The Labute approximate surface area is 160 Å². The van der Waals surface area contributed by atoms with Gasteiger partial charge in [-0.1, -0.05) is 41.9 Å². The average molecular weight is 372 g/mol. The number of ether oxygens (including phenoxy) is 1. The fourth-order valence-corrected chi connectivity index (χ4v) is 3.67. The van der Waals surface area contributed by atoms with Crippen LogP contribution in [0.5, 0.6) is 5.75 Å². The highest BCUT2D eigenvalue weighted by Gasteiger charge is 2.19. The van der Waals surface area contributed by atoms with Gasteiger partial charge in [-0.15, -0.1) is 0 Å². The van der Waals surface area contributed by atoms with E-state index in [2.05, 4.69) is 11.4 Å². The second kappa shape index (κ2) is 9.09. The lowest BCUT2D eigenvalue weighted by molar-refractivity contribution is -0.127. The zero-order chi connectivity index (χ0) is 18.4. The van der Waals surface area contributed by atoms with Crippen molar-refractivity contribution in [3.05, 3.63) is 64.2 Å². The molecule has 1 N–H and O–H groups in total. The van der Waals surface area contributed by atoms with Crippen molar-refractivity contribution in [1.82, 2.24) is 5.32 Å². The molecule has 3 nitrogen and oxygen atoms in total. The lowest BCUT2D eigenvalue weighted by atomic mass is 9.91. The van der Waals surface area contributed by atoms with Crippen LogP contribution in [0, 0.1) is 0 Å². The van der Waals surface area contributed by atoms with Crippen LogP contribution in [0.1, 0.15) is 42.9 Å². The molecule has 0 aromatic heterocycles. The van der Waals surface area contributed by atoms with Gasteiger partial charge in [-0.25, -0.2) is 0 Å². The number of rotatable bonds is 7. The maximum Gasteiger partial charge on any atom is 0.260 e. The van der Waals surface area contributed by atoms with Crippen LogP contribution in [0.25, 0.3) is 0 Å². The molecule has 0 fully saturated rings. The fraction of sp³-hybridized carbons (Fsp3) is 0.409. The molecule has 0 bridgehead atoms. The van der Waals surface area contributed by atoms with Crippen LogP contribution in [0.4, 0.5) is 0 Å². The van der Waals surface area contributed by atoms with E-state index in [4.69, 9.17) is 16.3 Å². The van der Waals surface area contributed by atoms with Crippen molar-refractivity contribution in [2.75, 3.05) is 6.54 Å². The van der Waals surface area contributed by atoms with Gasteiger partial charge in [0.25, 0.3) is 5.91 Å². The van der Waals surface area contributed by atoms with Crippen molar-refractivity contribution < 1.29 is 9.53 Å². The molecule has 1 aliphatic rings. The van der Waals surface area contributed by atoms with E-state index in [0.29, 0.717) is 6.54 Å². The summed E-state index contributed by atoms with van der Waals surface area (Å²) in [6.07, 6.45) is 5.77. The number of halogens is 1. The summed E-state index contributed by atoms with van der Waals surface area (Å²) >= 11 is 6.16. The molecule has 1 amide bonds. The molecule has 1 unspecified atom stereocenters. The summed E-state index contributed by atoms with van der Waals surface area (Å²) in [6.45, 7) is 2.43. The van der Waals surface area contributed by atoms with E-state index in [1.54, 1.807) is 0 Å². The van der Waals surface area contributed by atoms with Crippen LogP contribution in [0.2, 0.25) is 5.02 Å². The van der Waals surface area contributed by atoms with Crippen LogP contribution in [0.15, 0.2) is 42.5 Å². The maximum atomic E-state index is 12.3. The Kier molecular flexibility index (Phi) is 6.56. The lowest BCUT2D eigenvalue weighted by Gasteiger charge is -2.22. The van der Waals surface area contributed by atoms with E-state index in [1.165, 1.54) is 24.0 Å². The third kappa shape index (κ3) is 4.79.